The topological polar surface area (TPSA) is 157 Å². The number of hydrogen-bond donors (Lipinski definition) is 4. The Morgan fingerprint density at radius 1 is 1.00 bits per heavy atom. The number of anilines is 1. The smallest absolute Gasteiger partial charge is 0.261 e. The van der Waals surface area contributed by atoms with E-state index in [9.17, 15) is 18.8 Å². The third-order valence-electron chi connectivity index (χ3n) is 6.14. The van der Waals surface area contributed by atoms with E-state index in [0.29, 0.717) is 52.3 Å². The maximum atomic E-state index is 12.5. The number of aldehydes is 1. The summed E-state index contributed by atoms with van der Waals surface area (Å²) in [5.74, 6) is -0.0367. The molecule has 12 heteroatoms. The molecule has 0 radical (unpaired) electrons. The molecule has 3 aromatic heterocycles. The Morgan fingerprint density at radius 2 is 1.79 bits per heavy atom. The van der Waals surface area contributed by atoms with Crippen LogP contribution in [0.25, 0.3) is 33.8 Å². The van der Waals surface area contributed by atoms with Gasteiger partial charge in [-0.15, -0.1) is 0 Å². The van der Waals surface area contributed by atoms with Crippen molar-refractivity contribution < 1.29 is 18.8 Å². The maximum absolute atomic E-state index is 12.5. The SMILES string of the molecule is CN/C=C(\C(=O)NC=O)c1ccc2nc(-c3cccnc3N)n(-c3ccc(CNC)cc3)c2n1.O=Cc1cccc(F)c1. The number of rotatable bonds is 9. The highest BCUT2D eigenvalue weighted by Gasteiger charge is 2.20. The van der Waals surface area contributed by atoms with Crippen LogP contribution < -0.4 is 21.7 Å². The van der Waals surface area contributed by atoms with Crippen LogP contribution in [0.15, 0.2) is 85.2 Å². The molecule has 0 aliphatic heterocycles. The van der Waals surface area contributed by atoms with Gasteiger partial charge in [0, 0.05) is 37.2 Å². The Kier molecular flexibility index (Phi) is 10.0. The summed E-state index contributed by atoms with van der Waals surface area (Å²) in [5.41, 5.74) is 10.9. The number of aromatic nitrogens is 4. The molecular weight excluding hydrogens is 551 g/mol. The van der Waals surface area contributed by atoms with Crippen molar-refractivity contribution in [3.05, 3.63) is 108 Å². The predicted octanol–water partition coefficient (Wildman–Crippen LogP) is 3.26. The van der Waals surface area contributed by atoms with Crippen LogP contribution in [-0.4, -0.2) is 52.2 Å². The number of nitrogen functional groups attached to an aromatic ring is 1. The Balaban J connectivity index is 0.000000403. The number of benzene rings is 2. The lowest BCUT2D eigenvalue weighted by molar-refractivity contribution is -0.121. The van der Waals surface area contributed by atoms with Gasteiger partial charge in [-0.25, -0.2) is 19.3 Å². The second-order valence-electron chi connectivity index (χ2n) is 9.05. The molecule has 0 saturated carbocycles. The number of carbonyl (C=O) groups excluding carboxylic acids is 3. The molecule has 2 aromatic carbocycles. The lowest BCUT2D eigenvalue weighted by Crippen LogP contribution is -2.24. The summed E-state index contributed by atoms with van der Waals surface area (Å²) in [4.78, 5) is 47.0. The van der Waals surface area contributed by atoms with E-state index in [1.54, 1.807) is 37.5 Å². The number of imide groups is 1. The molecule has 5 aromatic rings. The van der Waals surface area contributed by atoms with Crippen molar-refractivity contribution in [3.8, 4) is 17.1 Å². The van der Waals surface area contributed by atoms with Crippen molar-refractivity contribution >= 4 is 41.2 Å². The highest BCUT2D eigenvalue weighted by atomic mass is 19.1. The van der Waals surface area contributed by atoms with E-state index in [0.717, 1.165) is 17.8 Å². The van der Waals surface area contributed by atoms with Gasteiger partial charge in [0.05, 0.1) is 16.8 Å². The molecule has 3 heterocycles. The number of nitrogens with one attached hydrogen (secondary N) is 3. The highest BCUT2D eigenvalue weighted by Crippen LogP contribution is 2.31. The Morgan fingerprint density at radius 3 is 2.42 bits per heavy atom. The van der Waals surface area contributed by atoms with E-state index in [1.807, 2.05) is 41.9 Å². The molecule has 0 spiro atoms. The van der Waals surface area contributed by atoms with Gasteiger partial charge in [-0.2, -0.15) is 0 Å². The summed E-state index contributed by atoms with van der Waals surface area (Å²) < 4.78 is 14.1. The molecule has 5 N–H and O–H groups in total. The minimum Gasteiger partial charge on any atom is -0.393 e. The van der Waals surface area contributed by atoms with Crippen LogP contribution in [0.3, 0.4) is 0 Å². The standard InChI is InChI=1S/C24H24N8O2.C7H5FO/c1-26-12-15-5-7-16(8-6-15)32-22(17-4-3-11-28-21(17)25)31-20-10-9-19(30-23(20)32)18(13-27-2)24(34)29-14-33;8-7-3-1-2-6(4-7)5-9/h3-11,13-14,26-27H,12H2,1-2H3,(H2,25,28)(H,29,33,34);1-5H/b18-13-;. The lowest BCUT2D eigenvalue weighted by atomic mass is 10.1. The van der Waals surface area contributed by atoms with E-state index in [-0.39, 0.29) is 11.4 Å². The van der Waals surface area contributed by atoms with E-state index >= 15 is 0 Å². The van der Waals surface area contributed by atoms with Crippen LogP contribution >= 0.6 is 0 Å². The van der Waals surface area contributed by atoms with E-state index in [4.69, 9.17) is 15.7 Å². The normalized spacial score (nSPS) is 10.9. The first-order valence-electron chi connectivity index (χ1n) is 13.1. The van der Waals surface area contributed by atoms with Crippen LogP contribution in [-0.2, 0) is 16.1 Å². The fourth-order valence-corrected chi connectivity index (χ4v) is 4.22. The second-order valence-corrected chi connectivity index (χ2v) is 9.05. The summed E-state index contributed by atoms with van der Waals surface area (Å²) in [7, 11) is 3.55. The van der Waals surface area contributed by atoms with Gasteiger partial charge in [0.1, 0.15) is 23.4 Å². The molecule has 5 rings (SSSR count). The van der Waals surface area contributed by atoms with Crippen LogP contribution in [0.5, 0.6) is 0 Å². The molecule has 0 aliphatic rings. The van der Waals surface area contributed by atoms with Gasteiger partial charge >= 0.3 is 0 Å². The number of imidazole rings is 1. The largest absolute Gasteiger partial charge is 0.393 e. The van der Waals surface area contributed by atoms with Gasteiger partial charge in [0.25, 0.3) is 5.91 Å². The molecule has 0 unspecified atom stereocenters. The number of pyridine rings is 2. The first-order valence-corrected chi connectivity index (χ1v) is 13.1. The molecule has 0 aliphatic carbocycles. The number of hydrogen-bond acceptors (Lipinski definition) is 9. The van der Waals surface area contributed by atoms with Gasteiger partial charge in [-0.05, 0) is 61.1 Å². The summed E-state index contributed by atoms with van der Waals surface area (Å²) in [6, 6.07) is 20.6. The summed E-state index contributed by atoms with van der Waals surface area (Å²) >= 11 is 0. The lowest BCUT2D eigenvalue weighted by Gasteiger charge is -2.12. The van der Waals surface area contributed by atoms with Crippen LogP contribution in [0, 0.1) is 5.82 Å². The molecule has 0 saturated heterocycles. The molecule has 218 valence electrons. The van der Waals surface area contributed by atoms with Crippen molar-refractivity contribution in [2.45, 2.75) is 6.54 Å². The first-order chi connectivity index (χ1) is 20.9. The number of nitrogens with zero attached hydrogens (tertiary/aromatic N) is 4. The third-order valence-corrected chi connectivity index (χ3v) is 6.14. The van der Waals surface area contributed by atoms with Gasteiger partial charge in [0.2, 0.25) is 6.41 Å². The maximum Gasteiger partial charge on any atom is 0.261 e. The van der Waals surface area contributed by atoms with E-state index in [2.05, 4.69) is 20.9 Å². The van der Waals surface area contributed by atoms with Gasteiger partial charge < -0.3 is 16.4 Å². The van der Waals surface area contributed by atoms with E-state index in [1.165, 1.54) is 24.4 Å². The zero-order valence-electron chi connectivity index (χ0n) is 23.4. The number of carbonyl (C=O) groups is 3. The molecule has 43 heavy (non-hydrogen) atoms. The average molecular weight is 581 g/mol. The number of nitrogens with two attached hydrogens (primary N) is 1. The first kappa shape index (κ1) is 30.2. The number of fused-ring (bicyclic) bond motifs is 1. The Labute approximate surface area is 246 Å². The molecule has 0 bridgehead atoms. The Bertz CT molecular complexity index is 1780. The summed E-state index contributed by atoms with van der Waals surface area (Å²) in [6.07, 6.45) is 4.06. The molecular formula is C31H29FN8O3. The van der Waals surface area contributed by atoms with Crippen molar-refractivity contribution in [1.29, 1.82) is 0 Å². The van der Waals surface area contributed by atoms with Gasteiger partial charge in [-0.1, -0.05) is 24.3 Å². The number of amides is 2. The average Bonchev–Trinajstić information content (AvgIpc) is 3.39. The van der Waals surface area contributed by atoms with Crippen molar-refractivity contribution in [3.63, 3.8) is 0 Å². The quantitative estimate of drug-likeness (QED) is 0.152. The van der Waals surface area contributed by atoms with Gasteiger partial charge in [-0.3, -0.25) is 24.3 Å². The zero-order chi connectivity index (χ0) is 30.8. The molecule has 0 atom stereocenters. The van der Waals surface area contributed by atoms with Crippen LogP contribution in [0.1, 0.15) is 21.6 Å². The summed E-state index contributed by atoms with van der Waals surface area (Å²) in [6.45, 7) is 0.736. The monoisotopic (exact) mass is 580 g/mol. The van der Waals surface area contributed by atoms with Crippen molar-refractivity contribution in [2.24, 2.45) is 0 Å². The second kappa shape index (κ2) is 14.2. The predicted molar refractivity (Wildman–Crippen MR) is 162 cm³/mol. The molecule has 2 amide bonds. The molecule has 11 nitrogen and oxygen atoms in total. The van der Waals surface area contributed by atoms with Crippen LogP contribution in [0.2, 0.25) is 0 Å². The fraction of sp³-hybridized carbons (Fsp3) is 0.0968. The number of halogens is 1. The summed E-state index contributed by atoms with van der Waals surface area (Å²) in [5, 5.41) is 8.12. The minimum absolute atomic E-state index is 0.205. The third kappa shape index (κ3) is 7.13. The minimum atomic E-state index is -0.574. The van der Waals surface area contributed by atoms with Crippen LogP contribution in [0.4, 0.5) is 10.2 Å². The fourth-order valence-electron chi connectivity index (χ4n) is 4.22. The molecule has 0 fully saturated rings. The van der Waals surface area contributed by atoms with Gasteiger partial charge in [0.15, 0.2) is 11.5 Å². The zero-order valence-corrected chi connectivity index (χ0v) is 23.4. The van der Waals surface area contributed by atoms with Crippen molar-refractivity contribution in [2.75, 3.05) is 19.8 Å². The Hall–Kier alpha value is -5.75. The highest BCUT2D eigenvalue weighted by molar-refractivity contribution is 6.21. The van der Waals surface area contributed by atoms with E-state index < -0.39 is 5.91 Å². The van der Waals surface area contributed by atoms with Crippen molar-refractivity contribution in [1.82, 2.24) is 35.5 Å².